The van der Waals surface area contributed by atoms with Gasteiger partial charge < -0.3 is 25.2 Å². The highest BCUT2D eigenvalue weighted by atomic mass is 35.5. The number of halogens is 1. The smallest absolute Gasteiger partial charge is 0.309 e. The molecule has 3 aliphatic rings. The first kappa shape index (κ1) is 30.6. The number of rotatable bonds is 10. The van der Waals surface area contributed by atoms with E-state index in [1.54, 1.807) is 0 Å². The van der Waals surface area contributed by atoms with Crippen LogP contribution in [-0.2, 0) is 29.0 Å². The lowest BCUT2D eigenvalue weighted by molar-refractivity contribution is -0.150. The molecule has 2 fully saturated rings. The number of ether oxygens (including phenoxy) is 2. The molecule has 0 radical (unpaired) electrons. The molecule has 2 aliphatic carbocycles. The number of nitrogens with two attached hydrogens (primary N) is 1. The predicted octanol–water partition coefficient (Wildman–Crippen LogP) is 5.48. The Morgan fingerprint density at radius 3 is 2.55 bits per heavy atom. The van der Waals surface area contributed by atoms with Crippen molar-refractivity contribution in [2.24, 2.45) is 11.3 Å². The van der Waals surface area contributed by atoms with Gasteiger partial charge in [0.05, 0.1) is 17.7 Å². The number of piperazine rings is 1. The van der Waals surface area contributed by atoms with Crippen LogP contribution in [0, 0.1) is 11.3 Å². The van der Waals surface area contributed by atoms with Crippen LogP contribution < -0.4 is 15.4 Å². The SMILES string of the molecule is CC1(C(=O)O)CCC(COCCN2CCN(c3nc(N)nc4c3CCc3cc(OCc5ccc(Cl)cc5)ccc3-4)CC2)CC1. The zero-order chi connectivity index (χ0) is 30.7. The fourth-order valence-electron chi connectivity index (χ4n) is 6.63. The Bertz CT molecular complexity index is 1470. The number of aromatic nitrogens is 2. The molecule has 9 nitrogen and oxygen atoms in total. The molecule has 6 rings (SSSR count). The summed E-state index contributed by atoms with van der Waals surface area (Å²) < 4.78 is 12.1. The average Bonchev–Trinajstić information content (AvgIpc) is 3.03. The summed E-state index contributed by atoms with van der Waals surface area (Å²) in [6.07, 6.45) is 5.09. The van der Waals surface area contributed by atoms with Gasteiger partial charge >= 0.3 is 5.97 Å². The van der Waals surface area contributed by atoms with E-state index in [9.17, 15) is 9.90 Å². The maximum atomic E-state index is 11.5. The molecule has 0 spiro atoms. The zero-order valence-electron chi connectivity index (χ0n) is 25.4. The summed E-state index contributed by atoms with van der Waals surface area (Å²) in [7, 11) is 0. The molecule has 1 aromatic heterocycles. The van der Waals surface area contributed by atoms with E-state index in [0.29, 0.717) is 30.1 Å². The number of fused-ring (bicyclic) bond motifs is 3. The minimum atomic E-state index is -0.670. The van der Waals surface area contributed by atoms with Crippen LogP contribution >= 0.6 is 11.6 Å². The summed E-state index contributed by atoms with van der Waals surface area (Å²) >= 11 is 6.00. The van der Waals surface area contributed by atoms with E-state index in [1.165, 1.54) is 11.1 Å². The number of hydrogen-bond donors (Lipinski definition) is 2. The Morgan fingerprint density at radius 1 is 1.07 bits per heavy atom. The van der Waals surface area contributed by atoms with E-state index in [0.717, 1.165) is 106 Å². The van der Waals surface area contributed by atoms with Gasteiger partial charge in [0, 0.05) is 55.5 Å². The minimum Gasteiger partial charge on any atom is -0.489 e. The monoisotopic (exact) mass is 619 g/mol. The van der Waals surface area contributed by atoms with E-state index in [4.69, 9.17) is 36.8 Å². The van der Waals surface area contributed by atoms with Crippen LogP contribution in [0.3, 0.4) is 0 Å². The number of aryl methyl sites for hydroxylation is 1. The van der Waals surface area contributed by atoms with Crippen molar-refractivity contribution in [1.29, 1.82) is 0 Å². The number of carboxylic acid groups (broad SMARTS) is 1. The molecule has 1 saturated carbocycles. The Morgan fingerprint density at radius 2 is 1.82 bits per heavy atom. The highest BCUT2D eigenvalue weighted by Crippen LogP contribution is 2.40. The Hall–Kier alpha value is -3.40. The molecule has 10 heteroatoms. The van der Waals surface area contributed by atoms with Gasteiger partial charge in [0.1, 0.15) is 18.2 Å². The van der Waals surface area contributed by atoms with Gasteiger partial charge in [-0.25, -0.2) is 4.98 Å². The van der Waals surface area contributed by atoms with Gasteiger partial charge in [0.15, 0.2) is 0 Å². The second-order valence-corrected chi connectivity index (χ2v) is 13.1. The Kier molecular flexibility index (Phi) is 9.26. The summed E-state index contributed by atoms with van der Waals surface area (Å²) in [4.78, 5) is 25.7. The second-order valence-electron chi connectivity index (χ2n) is 12.7. The van der Waals surface area contributed by atoms with Gasteiger partial charge in [-0.3, -0.25) is 9.69 Å². The number of benzene rings is 2. The maximum Gasteiger partial charge on any atom is 0.309 e. The third kappa shape index (κ3) is 6.95. The van der Waals surface area contributed by atoms with Crippen molar-refractivity contribution >= 4 is 29.3 Å². The van der Waals surface area contributed by atoms with Gasteiger partial charge in [0.25, 0.3) is 0 Å². The summed E-state index contributed by atoms with van der Waals surface area (Å²) in [5, 5.41) is 10.2. The first-order valence-electron chi connectivity index (χ1n) is 15.7. The number of nitrogens with zero attached hydrogens (tertiary/aromatic N) is 4. The van der Waals surface area contributed by atoms with Crippen molar-refractivity contribution in [2.75, 3.05) is 56.6 Å². The number of aliphatic carboxylic acids is 1. The molecule has 0 bridgehead atoms. The quantitative estimate of drug-likeness (QED) is 0.285. The molecule has 2 aromatic carbocycles. The van der Waals surface area contributed by atoms with Crippen LogP contribution in [0.2, 0.25) is 5.02 Å². The van der Waals surface area contributed by atoms with Gasteiger partial charge in [-0.15, -0.1) is 0 Å². The summed E-state index contributed by atoms with van der Waals surface area (Å²) in [5.74, 6) is 1.90. The van der Waals surface area contributed by atoms with Gasteiger partial charge in [-0.2, -0.15) is 4.98 Å². The van der Waals surface area contributed by atoms with Crippen molar-refractivity contribution in [3.8, 4) is 17.0 Å². The molecule has 0 atom stereocenters. The van der Waals surface area contributed by atoms with Crippen molar-refractivity contribution < 1.29 is 19.4 Å². The summed E-state index contributed by atoms with van der Waals surface area (Å²) in [6.45, 7) is 8.30. The second kappa shape index (κ2) is 13.3. The van der Waals surface area contributed by atoms with Crippen molar-refractivity contribution in [1.82, 2.24) is 14.9 Å². The first-order chi connectivity index (χ1) is 21.3. The Labute approximate surface area is 264 Å². The van der Waals surface area contributed by atoms with E-state index >= 15 is 0 Å². The van der Waals surface area contributed by atoms with Gasteiger partial charge in [-0.05, 0) is 92.8 Å². The minimum absolute atomic E-state index is 0.303. The predicted molar refractivity (Wildman–Crippen MR) is 172 cm³/mol. The maximum absolute atomic E-state index is 11.5. The summed E-state index contributed by atoms with van der Waals surface area (Å²) in [5.41, 5.74) is 11.2. The molecule has 234 valence electrons. The standard InChI is InChI=1S/C34H42ClN5O4/c1-34(32(41)42)12-10-24(11-13-34)21-43-19-18-39-14-16-40(17-15-39)31-29-8-4-25-20-27(44-22-23-2-5-26(35)6-3-23)7-9-28(25)30(29)37-33(36)38-31/h2-3,5-7,9,20,24H,4,8,10-19,21-22H2,1H3,(H,41,42)(H2,36,37,38). The number of nitrogen functional groups attached to an aromatic ring is 1. The molecule has 0 amide bonds. The van der Waals surface area contributed by atoms with E-state index in [1.807, 2.05) is 37.3 Å². The van der Waals surface area contributed by atoms with Crippen LogP contribution in [0.5, 0.6) is 5.75 Å². The molecule has 1 saturated heterocycles. The highest BCUT2D eigenvalue weighted by Gasteiger charge is 2.37. The molecule has 44 heavy (non-hydrogen) atoms. The Balaban J connectivity index is 1.01. The van der Waals surface area contributed by atoms with Gasteiger partial charge in [0.2, 0.25) is 5.95 Å². The normalized spacial score (nSPS) is 21.9. The van der Waals surface area contributed by atoms with Gasteiger partial charge in [-0.1, -0.05) is 23.7 Å². The number of hydrogen-bond acceptors (Lipinski definition) is 8. The number of carbonyl (C=O) groups is 1. The van der Waals surface area contributed by atoms with Crippen molar-refractivity contribution in [2.45, 2.75) is 52.1 Å². The molecular formula is C34H42ClN5O4. The zero-order valence-corrected chi connectivity index (χ0v) is 26.2. The fourth-order valence-corrected chi connectivity index (χ4v) is 6.76. The van der Waals surface area contributed by atoms with Crippen molar-refractivity contribution in [3.05, 3.63) is 64.2 Å². The third-order valence-corrected chi connectivity index (χ3v) is 9.85. The van der Waals surface area contributed by atoms with E-state index in [2.05, 4.69) is 21.9 Å². The lowest BCUT2D eigenvalue weighted by atomic mass is 9.72. The molecule has 3 N–H and O–H groups in total. The third-order valence-electron chi connectivity index (χ3n) is 9.60. The van der Waals surface area contributed by atoms with E-state index in [-0.39, 0.29) is 0 Å². The van der Waals surface area contributed by atoms with Crippen LogP contribution in [0.4, 0.5) is 11.8 Å². The number of carboxylic acids is 1. The van der Waals surface area contributed by atoms with E-state index < -0.39 is 11.4 Å². The summed E-state index contributed by atoms with van der Waals surface area (Å²) in [6, 6.07) is 13.9. The first-order valence-corrected chi connectivity index (χ1v) is 16.1. The highest BCUT2D eigenvalue weighted by molar-refractivity contribution is 6.30. The van der Waals surface area contributed by atoms with Crippen LogP contribution in [0.1, 0.15) is 49.3 Å². The largest absolute Gasteiger partial charge is 0.489 e. The molecular weight excluding hydrogens is 578 g/mol. The topological polar surface area (TPSA) is 114 Å². The lowest BCUT2D eigenvalue weighted by Gasteiger charge is -2.37. The van der Waals surface area contributed by atoms with Crippen LogP contribution in [-0.4, -0.2) is 71.9 Å². The molecule has 3 aromatic rings. The molecule has 2 heterocycles. The van der Waals surface area contributed by atoms with Crippen LogP contribution in [0.15, 0.2) is 42.5 Å². The molecule has 1 aliphatic heterocycles. The fraction of sp³-hybridized carbons (Fsp3) is 0.500. The van der Waals surface area contributed by atoms with Crippen molar-refractivity contribution in [3.63, 3.8) is 0 Å². The van der Waals surface area contributed by atoms with Crippen LogP contribution in [0.25, 0.3) is 11.3 Å². The lowest BCUT2D eigenvalue weighted by Crippen LogP contribution is -2.48. The average molecular weight is 620 g/mol. The molecule has 0 unspecified atom stereocenters. The number of anilines is 2.